The van der Waals surface area contributed by atoms with E-state index in [2.05, 4.69) is 5.32 Å². The Labute approximate surface area is 132 Å². The minimum Gasteiger partial charge on any atom is -0.347 e. The quantitative estimate of drug-likeness (QED) is 0.806. The van der Waals surface area contributed by atoms with Gasteiger partial charge in [-0.25, -0.2) is 4.39 Å². The fourth-order valence-corrected chi connectivity index (χ4v) is 2.51. The molecule has 0 fully saturated rings. The Morgan fingerprint density at radius 2 is 1.91 bits per heavy atom. The van der Waals surface area contributed by atoms with Crippen molar-refractivity contribution in [3.05, 3.63) is 76.3 Å². The lowest BCUT2D eigenvalue weighted by Crippen LogP contribution is -2.24. The van der Waals surface area contributed by atoms with Gasteiger partial charge in [0, 0.05) is 23.8 Å². The number of carbonyl (C=O) groups excluding carboxylic acids is 1. The lowest BCUT2D eigenvalue weighted by atomic mass is 10.1. The molecular weight excluding hydrogens is 295 g/mol. The predicted molar refractivity (Wildman–Crippen MR) is 88.2 cm³/mol. The summed E-state index contributed by atoms with van der Waals surface area (Å²) in [4.78, 5) is 25.0. The van der Waals surface area contributed by atoms with Crippen LogP contribution in [0.3, 0.4) is 0 Å². The number of aryl methyl sites for hydroxylation is 1. The normalized spacial score (nSPS) is 10.7. The van der Waals surface area contributed by atoms with Crippen molar-refractivity contribution in [1.82, 2.24) is 4.57 Å². The van der Waals surface area contributed by atoms with Crippen LogP contribution >= 0.6 is 0 Å². The van der Waals surface area contributed by atoms with Gasteiger partial charge in [-0.1, -0.05) is 18.2 Å². The standard InChI is InChI=1S/C18H15FN2O2/c1-2-21-11-15(18(23)20-13-6-4-3-5-7-13)17(22)14-10-12(19)8-9-16(14)21/h3-11H,2H2,1H3,(H,20,23). The first-order chi connectivity index (χ1) is 11.1. The molecule has 0 aliphatic heterocycles. The smallest absolute Gasteiger partial charge is 0.261 e. The molecule has 0 spiro atoms. The van der Waals surface area contributed by atoms with Crippen LogP contribution in [0.5, 0.6) is 0 Å². The van der Waals surface area contributed by atoms with Gasteiger partial charge in [0.15, 0.2) is 0 Å². The van der Waals surface area contributed by atoms with Crippen LogP contribution in [0.25, 0.3) is 10.9 Å². The molecule has 116 valence electrons. The van der Waals surface area contributed by atoms with Crippen molar-refractivity contribution in [3.63, 3.8) is 0 Å². The molecule has 0 unspecified atom stereocenters. The zero-order valence-electron chi connectivity index (χ0n) is 12.5. The number of nitrogens with one attached hydrogen (secondary N) is 1. The summed E-state index contributed by atoms with van der Waals surface area (Å²) >= 11 is 0. The van der Waals surface area contributed by atoms with Crippen molar-refractivity contribution >= 4 is 22.5 Å². The highest BCUT2D eigenvalue weighted by molar-refractivity contribution is 6.05. The van der Waals surface area contributed by atoms with Crippen molar-refractivity contribution in [2.24, 2.45) is 0 Å². The summed E-state index contributed by atoms with van der Waals surface area (Å²) in [6, 6.07) is 12.9. The number of fused-ring (bicyclic) bond motifs is 1. The molecule has 5 heteroatoms. The Morgan fingerprint density at radius 3 is 2.61 bits per heavy atom. The van der Waals surface area contributed by atoms with Gasteiger partial charge in [0.2, 0.25) is 5.43 Å². The zero-order valence-corrected chi connectivity index (χ0v) is 12.5. The van der Waals surface area contributed by atoms with Gasteiger partial charge in [0.1, 0.15) is 11.4 Å². The van der Waals surface area contributed by atoms with Gasteiger partial charge in [0.05, 0.1) is 5.52 Å². The summed E-state index contributed by atoms with van der Waals surface area (Å²) in [5, 5.41) is 2.89. The SMILES string of the molecule is CCn1cc(C(=O)Nc2ccccc2)c(=O)c2cc(F)ccc21. The van der Waals surface area contributed by atoms with Gasteiger partial charge in [-0.05, 0) is 37.3 Å². The van der Waals surface area contributed by atoms with Crippen LogP contribution < -0.4 is 10.7 Å². The second-order valence-corrected chi connectivity index (χ2v) is 5.14. The minimum atomic E-state index is -0.505. The van der Waals surface area contributed by atoms with Crippen LogP contribution in [0.4, 0.5) is 10.1 Å². The molecule has 0 aliphatic rings. The Kier molecular flexibility index (Phi) is 3.93. The number of pyridine rings is 1. The van der Waals surface area contributed by atoms with Crippen molar-refractivity contribution in [2.75, 3.05) is 5.32 Å². The first-order valence-electron chi connectivity index (χ1n) is 7.29. The maximum absolute atomic E-state index is 13.5. The highest BCUT2D eigenvalue weighted by Gasteiger charge is 2.15. The van der Waals surface area contributed by atoms with Gasteiger partial charge in [-0.3, -0.25) is 9.59 Å². The molecule has 3 rings (SSSR count). The number of nitrogens with zero attached hydrogens (tertiary/aromatic N) is 1. The summed E-state index contributed by atoms with van der Waals surface area (Å²) < 4.78 is 15.2. The molecular formula is C18H15FN2O2. The van der Waals surface area contributed by atoms with Crippen molar-refractivity contribution < 1.29 is 9.18 Å². The Balaban J connectivity index is 2.12. The maximum atomic E-state index is 13.5. The first kappa shape index (κ1) is 15.0. The molecule has 4 nitrogen and oxygen atoms in total. The zero-order chi connectivity index (χ0) is 16.4. The summed E-state index contributed by atoms with van der Waals surface area (Å²) in [7, 11) is 0. The van der Waals surface area contributed by atoms with E-state index in [-0.39, 0.29) is 10.9 Å². The van der Waals surface area contributed by atoms with E-state index in [0.717, 1.165) is 0 Å². The Hall–Kier alpha value is -2.95. The average Bonchev–Trinajstić information content (AvgIpc) is 2.56. The minimum absolute atomic E-state index is 0.00574. The lowest BCUT2D eigenvalue weighted by Gasteiger charge is -2.12. The van der Waals surface area contributed by atoms with E-state index in [1.165, 1.54) is 18.3 Å². The van der Waals surface area contributed by atoms with Crippen LogP contribution in [0, 0.1) is 5.82 Å². The summed E-state index contributed by atoms with van der Waals surface area (Å²) in [5.41, 5.74) is 0.723. The highest BCUT2D eigenvalue weighted by atomic mass is 19.1. The van der Waals surface area contributed by atoms with Crippen LogP contribution in [0.1, 0.15) is 17.3 Å². The van der Waals surface area contributed by atoms with Crippen molar-refractivity contribution in [2.45, 2.75) is 13.5 Å². The van der Waals surface area contributed by atoms with Crippen LogP contribution in [-0.2, 0) is 6.54 Å². The van der Waals surface area contributed by atoms with E-state index in [1.807, 2.05) is 13.0 Å². The maximum Gasteiger partial charge on any atom is 0.261 e. The number of hydrogen-bond acceptors (Lipinski definition) is 2. The average molecular weight is 310 g/mol. The topological polar surface area (TPSA) is 51.1 Å². The third-order valence-corrected chi connectivity index (χ3v) is 3.66. The third kappa shape index (κ3) is 2.85. The van der Waals surface area contributed by atoms with E-state index >= 15 is 0 Å². The molecule has 0 saturated carbocycles. The number of rotatable bonds is 3. The number of para-hydroxylation sites is 1. The van der Waals surface area contributed by atoms with Crippen molar-refractivity contribution in [3.8, 4) is 0 Å². The highest BCUT2D eigenvalue weighted by Crippen LogP contribution is 2.15. The number of benzene rings is 2. The van der Waals surface area contributed by atoms with Gasteiger partial charge >= 0.3 is 0 Å². The summed E-state index contributed by atoms with van der Waals surface area (Å²) in [5.74, 6) is -1.01. The molecule has 3 aromatic rings. The predicted octanol–water partition coefficient (Wildman–Crippen LogP) is 3.41. The molecule has 1 heterocycles. The molecule has 1 aromatic heterocycles. The fourth-order valence-electron chi connectivity index (χ4n) is 2.51. The van der Waals surface area contributed by atoms with Crippen LogP contribution in [0.15, 0.2) is 59.5 Å². The molecule has 0 bridgehead atoms. The number of hydrogen-bond donors (Lipinski definition) is 1. The third-order valence-electron chi connectivity index (χ3n) is 3.66. The molecule has 2 aromatic carbocycles. The van der Waals surface area contributed by atoms with Crippen LogP contribution in [-0.4, -0.2) is 10.5 Å². The number of halogens is 1. The van der Waals surface area contributed by atoms with Gasteiger partial charge in [-0.2, -0.15) is 0 Å². The molecule has 0 aliphatic carbocycles. The second kappa shape index (κ2) is 6.04. The molecule has 0 radical (unpaired) electrons. The molecule has 23 heavy (non-hydrogen) atoms. The lowest BCUT2D eigenvalue weighted by molar-refractivity contribution is 0.102. The second-order valence-electron chi connectivity index (χ2n) is 5.14. The van der Waals surface area contributed by atoms with Gasteiger partial charge in [0.25, 0.3) is 5.91 Å². The largest absolute Gasteiger partial charge is 0.347 e. The van der Waals surface area contributed by atoms with Gasteiger partial charge in [-0.15, -0.1) is 0 Å². The number of carbonyl (C=O) groups is 1. The van der Waals surface area contributed by atoms with E-state index in [4.69, 9.17) is 0 Å². The molecule has 1 amide bonds. The van der Waals surface area contributed by atoms with E-state index in [9.17, 15) is 14.0 Å². The number of amides is 1. The summed E-state index contributed by atoms with van der Waals surface area (Å²) in [6.07, 6.45) is 1.51. The fraction of sp³-hybridized carbons (Fsp3) is 0.111. The first-order valence-corrected chi connectivity index (χ1v) is 7.29. The summed E-state index contributed by atoms with van der Waals surface area (Å²) in [6.45, 7) is 2.46. The van der Waals surface area contributed by atoms with Crippen molar-refractivity contribution in [1.29, 1.82) is 0 Å². The molecule has 0 atom stereocenters. The monoisotopic (exact) mass is 310 g/mol. The van der Waals surface area contributed by atoms with E-state index < -0.39 is 17.2 Å². The van der Waals surface area contributed by atoms with Gasteiger partial charge < -0.3 is 9.88 Å². The number of aromatic nitrogens is 1. The Bertz CT molecular complexity index is 933. The number of anilines is 1. The van der Waals surface area contributed by atoms with E-state index in [0.29, 0.717) is 17.7 Å². The molecule has 1 N–H and O–H groups in total. The van der Waals surface area contributed by atoms with E-state index in [1.54, 1.807) is 34.9 Å². The molecule has 0 saturated heterocycles. The Morgan fingerprint density at radius 1 is 1.17 bits per heavy atom. The van der Waals surface area contributed by atoms with Crippen LogP contribution in [0.2, 0.25) is 0 Å².